The zero-order chi connectivity index (χ0) is 23.3. The normalized spacial score (nSPS) is 11.0. The summed E-state index contributed by atoms with van der Waals surface area (Å²) in [5.74, 6) is 1.73. The molecule has 0 aliphatic heterocycles. The van der Waals surface area contributed by atoms with E-state index in [2.05, 4.69) is 5.16 Å². The second-order valence-corrected chi connectivity index (χ2v) is 8.70. The molecular formula is C23H25Cl4NO4. The molecule has 5 nitrogen and oxygen atoms in total. The lowest BCUT2D eigenvalue weighted by atomic mass is 10.2. The number of benzene rings is 2. The van der Waals surface area contributed by atoms with Crippen LogP contribution in [0.3, 0.4) is 0 Å². The van der Waals surface area contributed by atoms with Crippen molar-refractivity contribution >= 4 is 52.6 Å². The average molecular weight is 521 g/mol. The fourth-order valence-electron chi connectivity index (χ4n) is 2.46. The van der Waals surface area contributed by atoms with Gasteiger partial charge in [0.15, 0.2) is 5.75 Å². The van der Waals surface area contributed by atoms with Crippen molar-refractivity contribution in [2.75, 3.05) is 19.8 Å². The van der Waals surface area contributed by atoms with E-state index in [1.54, 1.807) is 18.3 Å². The van der Waals surface area contributed by atoms with E-state index in [4.69, 9.17) is 65.5 Å². The minimum atomic E-state index is 0.127. The Kier molecular flexibility index (Phi) is 11.9. The molecule has 0 bridgehead atoms. The molecule has 0 spiro atoms. The van der Waals surface area contributed by atoms with Gasteiger partial charge in [-0.1, -0.05) is 51.6 Å². The minimum absolute atomic E-state index is 0.127. The van der Waals surface area contributed by atoms with Crippen LogP contribution in [-0.2, 0) is 4.84 Å². The third-order valence-electron chi connectivity index (χ3n) is 3.86. The van der Waals surface area contributed by atoms with Crippen molar-refractivity contribution in [3.63, 3.8) is 0 Å². The molecule has 0 aliphatic rings. The van der Waals surface area contributed by atoms with Gasteiger partial charge in [-0.25, -0.2) is 0 Å². The van der Waals surface area contributed by atoms with E-state index in [-0.39, 0.29) is 17.2 Å². The summed E-state index contributed by atoms with van der Waals surface area (Å²) in [6.07, 6.45) is 4.84. The van der Waals surface area contributed by atoms with Gasteiger partial charge >= 0.3 is 0 Å². The third-order valence-corrected chi connectivity index (χ3v) is 4.73. The molecule has 2 aromatic carbocycles. The quantitative estimate of drug-likeness (QED) is 0.154. The molecule has 0 radical (unpaired) electrons. The lowest BCUT2D eigenvalue weighted by Gasteiger charge is -2.12. The van der Waals surface area contributed by atoms with Crippen LogP contribution in [0.25, 0.3) is 0 Å². The molecule has 0 amide bonds. The highest BCUT2D eigenvalue weighted by atomic mass is 35.5. The van der Waals surface area contributed by atoms with Crippen LogP contribution in [0, 0.1) is 0 Å². The van der Waals surface area contributed by atoms with E-state index < -0.39 is 0 Å². The molecule has 2 aromatic rings. The van der Waals surface area contributed by atoms with Crippen molar-refractivity contribution < 1.29 is 19.0 Å². The average Bonchev–Trinajstić information content (AvgIpc) is 2.72. The zero-order valence-electron chi connectivity index (χ0n) is 17.8. The first-order valence-corrected chi connectivity index (χ1v) is 11.5. The molecule has 0 unspecified atom stereocenters. The zero-order valence-corrected chi connectivity index (χ0v) is 20.8. The topological polar surface area (TPSA) is 49.3 Å². The van der Waals surface area contributed by atoms with E-state index in [0.29, 0.717) is 34.8 Å². The van der Waals surface area contributed by atoms with Crippen LogP contribution in [0.2, 0.25) is 10.0 Å². The number of ether oxygens (including phenoxy) is 3. The van der Waals surface area contributed by atoms with Gasteiger partial charge in [0.05, 0.1) is 29.0 Å². The summed E-state index contributed by atoms with van der Waals surface area (Å²) >= 11 is 23.6. The fourth-order valence-corrected chi connectivity index (χ4v) is 3.16. The Morgan fingerprint density at radius 3 is 2.22 bits per heavy atom. The number of hydrogen-bond acceptors (Lipinski definition) is 5. The maximum Gasteiger partial charge on any atom is 0.156 e. The molecule has 0 fully saturated rings. The minimum Gasteiger partial charge on any atom is -0.491 e. The Labute approximate surface area is 208 Å². The van der Waals surface area contributed by atoms with Crippen LogP contribution in [0.15, 0.2) is 52.1 Å². The molecule has 0 aliphatic carbocycles. The smallest absolute Gasteiger partial charge is 0.156 e. The van der Waals surface area contributed by atoms with Gasteiger partial charge in [-0.2, -0.15) is 0 Å². The first-order valence-electron chi connectivity index (χ1n) is 10.0. The number of nitrogens with zero attached hydrogens (tertiary/aromatic N) is 1. The van der Waals surface area contributed by atoms with E-state index in [1.807, 2.05) is 38.1 Å². The molecule has 9 heteroatoms. The number of oxime groups is 1. The molecule has 0 atom stereocenters. The SMILES string of the molecule is CC(C)Oc1ccc(C=NOCCCCOc2c(Cl)cc(OCC=C(Cl)Cl)cc2Cl)cc1. The Bertz CT molecular complexity index is 874. The summed E-state index contributed by atoms with van der Waals surface area (Å²) in [6.45, 7) is 5.09. The van der Waals surface area contributed by atoms with Gasteiger partial charge in [0.2, 0.25) is 0 Å². The van der Waals surface area contributed by atoms with Crippen LogP contribution < -0.4 is 14.2 Å². The van der Waals surface area contributed by atoms with E-state index >= 15 is 0 Å². The third kappa shape index (κ3) is 10.2. The molecule has 0 saturated heterocycles. The highest BCUT2D eigenvalue weighted by Crippen LogP contribution is 2.37. The fraction of sp³-hybridized carbons (Fsp3) is 0.348. The van der Waals surface area contributed by atoms with Gasteiger partial charge in [0.1, 0.15) is 29.2 Å². The van der Waals surface area contributed by atoms with Crippen molar-refractivity contribution in [3.05, 3.63) is 62.6 Å². The van der Waals surface area contributed by atoms with Crippen molar-refractivity contribution in [1.29, 1.82) is 0 Å². The predicted molar refractivity (Wildman–Crippen MR) is 132 cm³/mol. The molecule has 0 saturated carbocycles. The van der Waals surface area contributed by atoms with Gasteiger partial charge in [-0.05, 0) is 62.6 Å². The van der Waals surface area contributed by atoms with Crippen molar-refractivity contribution in [2.45, 2.75) is 32.8 Å². The van der Waals surface area contributed by atoms with Crippen molar-refractivity contribution in [3.8, 4) is 17.2 Å². The van der Waals surface area contributed by atoms with E-state index in [0.717, 1.165) is 24.2 Å². The van der Waals surface area contributed by atoms with Gasteiger partial charge in [0.25, 0.3) is 0 Å². The lowest BCUT2D eigenvalue weighted by Crippen LogP contribution is -2.05. The Morgan fingerprint density at radius 2 is 1.59 bits per heavy atom. The van der Waals surface area contributed by atoms with Crippen molar-refractivity contribution in [1.82, 2.24) is 0 Å². The van der Waals surface area contributed by atoms with Gasteiger partial charge in [0, 0.05) is 12.1 Å². The maximum atomic E-state index is 6.24. The lowest BCUT2D eigenvalue weighted by molar-refractivity contribution is 0.137. The standard InChI is InChI=1S/C23H25Cl4NO4/c1-16(2)32-18-7-5-17(6-8-18)15-28-31-11-4-3-10-30-23-20(24)13-19(14-21(23)25)29-12-9-22(26)27/h5-9,13-16H,3-4,10-12H2,1-2H3. The van der Waals surface area contributed by atoms with E-state index in [1.165, 1.54) is 6.08 Å². The second kappa shape index (κ2) is 14.4. The summed E-state index contributed by atoms with van der Waals surface area (Å²) < 4.78 is 16.9. The number of unbranched alkanes of at least 4 members (excludes halogenated alkanes) is 1. The van der Waals surface area contributed by atoms with Gasteiger partial charge in [-0.15, -0.1) is 0 Å². The van der Waals surface area contributed by atoms with Crippen LogP contribution in [0.4, 0.5) is 0 Å². The number of hydrogen-bond donors (Lipinski definition) is 0. The number of halogens is 4. The summed E-state index contributed by atoms with van der Waals surface area (Å²) in [5.41, 5.74) is 0.933. The molecule has 0 N–H and O–H groups in total. The van der Waals surface area contributed by atoms with Crippen LogP contribution in [-0.4, -0.2) is 32.1 Å². The second-order valence-electron chi connectivity index (χ2n) is 6.88. The maximum absolute atomic E-state index is 6.24. The van der Waals surface area contributed by atoms with Gasteiger partial charge < -0.3 is 19.0 Å². The van der Waals surface area contributed by atoms with Crippen LogP contribution in [0.5, 0.6) is 17.2 Å². The monoisotopic (exact) mass is 519 g/mol. The highest BCUT2D eigenvalue weighted by Gasteiger charge is 2.10. The summed E-state index contributed by atoms with van der Waals surface area (Å²) in [4.78, 5) is 5.29. The predicted octanol–water partition coefficient (Wildman–Crippen LogP) is 7.69. The first-order chi connectivity index (χ1) is 15.3. The number of rotatable bonds is 13. The molecular weight excluding hydrogens is 496 g/mol. The summed E-state index contributed by atoms with van der Waals surface area (Å²) in [7, 11) is 0. The van der Waals surface area contributed by atoms with E-state index in [9.17, 15) is 0 Å². The van der Waals surface area contributed by atoms with Crippen LogP contribution >= 0.6 is 46.4 Å². The Morgan fingerprint density at radius 1 is 0.938 bits per heavy atom. The molecule has 2 rings (SSSR count). The molecule has 0 aromatic heterocycles. The first kappa shape index (κ1) is 26.5. The highest BCUT2D eigenvalue weighted by molar-refractivity contribution is 6.55. The summed E-state index contributed by atoms with van der Waals surface area (Å²) in [5, 5.41) is 4.70. The molecule has 174 valence electrons. The van der Waals surface area contributed by atoms with Crippen LogP contribution in [0.1, 0.15) is 32.3 Å². The summed E-state index contributed by atoms with van der Waals surface area (Å²) in [6, 6.07) is 10.9. The largest absolute Gasteiger partial charge is 0.491 e. The molecule has 0 heterocycles. The van der Waals surface area contributed by atoms with Crippen molar-refractivity contribution in [2.24, 2.45) is 5.16 Å². The van der Waals surface area contributed by atoms with Gasteiger partial charge in [-0.3, -0.25) is 0 Å². The Hall–Kier alpha value is -1.79. The molecule has 32 heavy (non-hydrogen) atoms. The Balaban J connectivity index is 1.66.